The van der Waals surface area contributed by atoms with Gasteiger partial charge in [-0.15, -0.1) is 0 Å². The highest BCUT2D eigenvalue weighted by molar-refractivity contribution is 9.10. The van der Waals surface area contributed by atoms with Gasteiger partial charge in [0.25, 0.3) is 5.56 Å². The van der Waals surface area contributed by atoms with Crippen molar-refractivity contribution in [2.45, 2.75) is 82.3 Å². The van der Waals surface area contributed by atoms with Gasteiger partial charge in [-0.05, 0) is 69.2 Å². The second-order valence-electron chi connectivity index (χ2n) is 11.7. The highest BCUT2D eigenvalue weighted by Crippen LogP contribution is 2.49. The van der Waals surface area contributed by atoms with Gasteiger partial charge in [0, 0.05) is 28.1 Å². The molecule has 2 heterocycles. The summed E-state index contributed by atoms with van der Waals surface area (Å²) in [6, 6.07) is 16.4. The number of benzene rings is 2. The number of fused-ring (bicyclic) bond motifs is 4. The summed E-state index contributed by atoms with van der Waals surface area (Å²) >= 11 is 3.48. The molecule has 0 amide bonds. The standard InChI is InChI=1S/C31H35BrN4O2/c1-30(2)19-24(14-17-38-30)36-28(37)26-27(34-29(36)35-33-20-21-10-12-23(32)13-11-21)25-9-5-4-8-22(25)18-31(26)15-6-3-7-16-31/h4-5,8-13,20,24H,3,6-7,14-19H2,1-2H3,(H,34,35)/b33-20-/t24-/m0/s1. The smallest absolute Gasteiger partial charge is 0.259 e. The van der Waals surface area contributed by atoms with Gasteiger partial charge in [-0.2, -0.15) is 5.10 Å². The largest absolute Gasteiger partial charge is 0.375 e. The minimum atomic E-state index is -0.300. The minimum absolute atomic E-state index is 0.00718. The van der Waals surface area contributed by atoms with E-state index in [0.29, 0.717) is 12.6 Å². The molecule has 0 radical (unpaired) electrons. The Morgan fingerprint density at radius 1 is 1.11 bits per heavy atom. The van der Waals surface area contributed by atoms with Crippen LogP contribution in [0.2, 0.25) is 0 Å². The molecule has 6 nitrogen and oxygen atoms in total. The zero-order valence-electron chi connectivity index (χ0n) is 22.2. The van der Waals surface area contributed by atoms with Gasteiger partial charge in [-0.25, -0.2) is 10.4 Å². The molecule has 1 saturated heterocycles. The van der Waals surface area contributed by atoms with Gasteiger partial charge in [-0.3, -0.25) is 9.36 Å². The monoisotopic (exact) mass is 574 g/mol. The topological polar surface area (TPSA) is 68.5 Å². The molecule has 7 heteroatoms. The Bertz CT molecular complexity index is 1420. The van der Waals surface area contributed by atoms with Crippen LogP contribution in [-0.2, 0) is 16.6 Å². The van der Waals surface area contributed by atoms with E-state index < -0.39 is 0 Å². The number of rotatable bonds is 4. The van der Waals surface area contributed by atoms with Crippen LogP contribution in [0.25, 0.3) is 11.3 Å². The molecule has 198 valence electrons. The van der Waals surface area contributed by atoms with E-state index in [0.717, 1.165) is 71.8 Å². The lowest BCUT2D eigenvalue weighted by molar-refractivity contribution is -0.0694. The van der Waals surface area contributed by atoms with E-state index in [2.05, 4.69) is 64.6 Å². The Balaban J connectivity index is 1.51. The zero-order valence-corrected chi connectivity index (χ0v) is 23.8. The van der Waals surface area contributed by atoms with Crippen LogP contribution in [0.4, 0.5) is 5.95 Å². The number of nitrogens with zero attached hydrogens (tertiary/aromatic N) is 3. The van der Waals surface area contributed by atoms with E-state index in [1.165, 1.54) is 12.0 Å². The summed E-state index contributed by atoms with van der Waals surface area (Å²) in [6.45, 7) is 4.83. The molecule has 3 aliphatic rings. The summed E-state index contributed by atoms with van der Waals surface area (Å²) in [7, 11) is 0. The van der Waals surface area contributed by atoms with Crippen molar-refractivity contribution in [1.82, 2.24) is 9.55 Å². The van der Waals surface area contributed by atoms with Crippen LogP contribution >= 0.6 is 15.9 Å². The van der Waals surface area contributed by atoms with Gasteiger partial charge < -0.3 is 4.74 Å². The molecular weight excluding hydrogens is 540 g/mol. The average molecular weight is 576 g/mol. The van der Waals surface area contributed by atoms with Crippen molar-refractivity contribution in [3.05, 3.63) is 80.0 Å². The van der Waals surface area contributed by atoms with Gasteiger partial charge in [0.05, 0.1) is 23.1 Å². The Labute approximate surface area is 232 Å². The molecule has 3 aromatic rings. The molecule has 0 bridgehead atoms. The number of hydrogen-bond donors (Lipinski definition) is 1. The first-order valence-corrected chi connectivity index (χ1v) is 14.6. The average Bonchev–Trinajstić information content (AvgIpc) is 2.89. The van der Waals surface area contributed by atoms with E-state index in [1.807, 2.05) is 28.8 Å². The summed E-state index contributed by atoms with van der Waals surface area (Å²) in [5, 5.41) is 4.54. The highest BCUT2D eigenvalue weighted by Gasteiger charge is 2.44. The molecule has 38 heavy (non-hydrogen) atoms. The van der Waals surface area contributed by atoms with E-state index in [1.54, 1.807) is 6.21 Å². The second-order valence-corrected chi connectivity index (χ2v) is 12.6. The lowest BCUT2D eigenvalue weighted by Crippen LogP contribution is -2.45. The summed E-state index contributed by atoms with van der Waals surface area (Å²) in [4.78, 5) is 19.9. The van der Waals surface area contributed by atoms with E-state index in [-0.39, 0.29) is 22.6 Å². The third-order valence-electron chi connectivity index (χ3n) is 8.54. The predicted molar refractivity (Wildman–Crippen MR) is 156 cm³/mol. The molecule has 1 N–H and O–H groups in total. The van der Waals surface area contributed by atoms with Gasteiger partial charge >= 0.3 is 0 Å². The molecule has 1 atom stereocenters. The zero-order chi connectivity index (χ0) is 26.3. The molecule has 1 spiro atoms. The normalized spacial score (nSPS) is 21.7. The van der Waals surface area contributed by atoms with Crippen LogP contribution in [-0.4, -0.2) is 28.0 Å². The number of nitrogens with one attached hydrogen (secondary N) is 1. The molecule has 2 fully saturated rings. The molecule has 1 aromatic heterocycles. The molecule has 2 aromatic carbocycles. The number of halogens is 1. The number of hydrogen-bond acceptors (Lipinski definition) is 5. The summed E-state index contributed by atoms with van der Waals surface area (Å²) < 4.78 is 8.95. The minimum Gasteiger partial charge on any atom is -0.375 e. The van der Waals surface area contributed by atoms with Crippen molar-refractivity contribution in [2.24, 2.45) is 5.10 Å². The number of ether oxygens (including phenoxy) is 1. The molecule has 6 rings (SSSR count). The second kappa shape index (κ2) is 10.1. The van der Waals surface area contributed by atoms with Gasteiger partial charge in [0.15, 0.2) is 0 Å². The van der Waals surface area contributed by atoms with Crippen LogP contribution in [0.3, 0.4) is 0 Å². The number of anilines is 1. The fourth-order valence-corrected chi connectivity index (χ4v) is 7.04. The van der Waals surface area contributed by atoms with Crippen LogP contribution in [0.1, 0.15) is 81.5 Å². The first kappa shape index (κ1) is 25.5. The maximum atomic E-state index is 14.7. The first-order valence-electron chi connectivity index (χ1n) is 13.8. The quantitative estimate of drug-likeness (QED) is 0.269. The molecule has 2 aliphatic carbocycles. The van der Waals surface area contributed by atoms with Crippen LogP contribution in [0.15, 0.2) is 62.9 Å². The summed E-state index contributed by atoms with van der Waals surface area (Å²) in [5.74, 6) is 0.507. The van der Waals surface area contributed by atoms with E-state index in [4.69, 9.17) is 9.72 Å². The third kappa shape index (κ3) is 4.75. The Morgan fingerprint density at radius 2 is 1.87 bits per heavy atom. The third-order valence-corrected chi connectivity index (χ3v) is 9.07. The van der Waals surface area contributed by atoms with Crippen molar-refractivity contribution in [1.29, 1.82) is 0 Å². The Hall–Kier alpha value is -2.77. The Morgan fingerprint density at radius 3 is 2.63 bits per heavy atom. The van der Waals surface area contributed by atoms with Gasteiger partial charge in [-0.1, -0.05) is 71.6 Å². The van der Waals surface area contributed by atoms with Crippen LogP contribution in [0.5, 0.6) is 0 Å². The van der Waals surface area contributed by atoms with Crippen molar-refractivity contribution < 1.29 is 4.74 Å². The fourth-order valence-electron chi connectivity index (χ4n) is 6.77. The van der Waals surface area contributed by atoms with Crippen molar-refractivity contribution in [3.63, 3.8) is 0 Å². The van der Waals surface area contributed by atoms with Crippen molar-refractivity contribution >= 4 is 28.1 Å². The summed E-state index contributed by atoms with van der Waals surface area (Å²) in [5.41, 5.74) is 7.92. The Kier molecular flexibility index (Phi) is 6.77. The maximum absolute atomic E-state index is 14.7. The lowest BCUT2D eigenvalue weighted by atomic mass is 9.62. The molecule has 0 unspecified atom stereocenters. The predicted octanol–water partition coefficient (Wildman–Crippen LogP) is 7.01. The summed E-state index contributed by atoms with van der Waals surface area (Å²) in [6.07, 6.45) is 9.84. The van der Waals surface area contributed by atoms with Crippen LogP contribution in [0, 0.1) is 0 Å². The van der Waals surface area contributed by atoms with E-state index >= 15 is 0 Å². The maximum Gasteiger partial charge on any atom is 0.259 e. The molecular formula is C31H35BrN4O2. The van der Waals surface area contributed by atoms with Gasteiger partial charge in [0.2, 0.25) is 5.95 Å². The first-order chi connectivity index (χ1) is 18.4. The number of aromatic nitrogens is 2. The number of hydrazone groups is 1. The van der Waals surface area contributed by atoms with Gasteiger partial charge in [0.1, 0.15) is 0 Å². The SMILES string of the molecule is CC1(C)C[C@@H](n2c(N/N=C\c3ccc(Br)cc3)nc3c(c2=O)C2(CCCCC2)Cc2ccccc2-3)CCO1. The molecule has 1 saturated carbocycles. The van der Waals surface area contributed by atoms with Crippen molar-refractivity contribution in [2.75, 3.05) is 12.0 Å². The van der Waals surface area contributed by atoms with Crippen molar-refractivity contribution in [3.8, 4) is 11.3 Å². The van der Waals surface area contributed by atoms with E-state index in [9.17, 15) is 4.79 Å². The fraction of sp³-hybridized carbons (Fsp3) is 0.452. The highest BCUT2D eigenvalue weighted by atomic mass is 79.9. The lowest BCUT2D eigenvalue weighted by Gasteiger charge is -2.43. The molecule has 1 aliphatic heterocycles. The van der Waals surface area contributed by atoms with Crippen LogP contribution < -0.4 is 11.0 Å².